The molecule has 1 fully saturated rings. The standard InChI is InChI=1S/C13H25N3O3.ClH/c1-15(2)11(17)9-16(3)12(18)13(10-19-4)5-7-14-8-6-13;/h14H,5-10H2,1-4H3;1H. The van der Waals surface area contributed by atoms with Crippen LogP contribution in [0.5, 0.6) is 0 Å². The van der Waals surface area contributed by atoms with Gasteiger partial charge in [-0.1, -0.05) is 0 Å². The van der Waals surface area contributed by atoms with Crippen LogP contribution >= 0.6 is 12.4 Å². The van der Waals surface area contributed by atoms with Crippen LogP contribution in [-0.4, -0.2) is 76.1 Å². The normalized spacial score (nSPS) is 17.0. The summed E-state index contributed by atoms with van der Waals surface area (Å²) in [7, 11) is 6.68. The number of hydrogen-bond donors (Lipinski definition) is 1. The van der Waals surface area contributed by atoms with Gasteiger partial charge in [-0.3, -0.25) is 9.59 Å². The van der Waals surface area contributed by atoms with Crippen LogP contribution in [0.15, 0.2) is 0 Å². The predicted octanol–water partition coefficient (Wildman–Crippen LogP) is -0.0290. The zero-order chi connectivity index (χ0) is 14.5. The molecule has 0 bridgehead atoms. The van der Waals surface area contributed by atoms with Crippen molar-refractivity contribution >= 4 is 24.2 Å². The third-order valence-corrected chi connectivity index (χ3v) is 3.65. The highest BCUT2D eigenvalue weighted by Crippen LogP contribution is 2.31. The lowest BCUT2D eigenvalue weighted by Crippen LogP contribution is -2.52. The Balaban J connectivity index is 0.00000361. The van der Waals surface area contributed by atoms with Gasteiger partial charge in [-0.05, 0) is 25.9 Å². The molecule has 0 saturated carbocycles. The molecule has 20 heavy (non-hydrogen) atoms. The van der Waals surface area contributed by atoms with Crippen LogP contribution in [-0.2, 0) is 14.3 Å². The number of ether oxygens (including phenoxy) is 1. The molecule has 0 atom stereocenters. The lowest BCUT2D eigenvalue weighted by atomic mass is 9.78. The molecule has 0 unspecified atom stereocenters. The second-order valence-electron chi connectivity index (χ2n) is 5.41. The van der Waals surface area contributed by atoms with E-state index in [4.69, 9.17) is 4.74 Å². The summed E-state index contributed by atoms with van der Waals surface area (Å²) in [6, 6.07) is 0. The molecule has 118 valence electrons. The van der Waals surface area contributed by atoms with E-state index in [1.807, 2.05) is 0 Å². The van der Waals surface area contributed by atoms with Crippen molar-refractivity contribution in [3.8, 4) is 0 Å². The number of nitrogens with one attached hydrogen (secondary N) is 1. The Labute approximate surface area is 127 Å². The van der Waals surface area contributed by atoms with Gasteiger partial charge in [-0.25, -0.2) is 0 Å². The molecule has 0 aromatic rings. The Morgan fingerprint density at radius 1 is 1.20 bits per heavy atom. The minimum Gasteiger partial charge on any atom is -0.384 e. The van der Waals surface area contributed by atoms with Crippen LogP contribution in [0.1, 0.15) is 12.8 Å². The average molecular weight is 308 g/mol. The smallest absolute Gasteiger partial charge is 0.241 e. The molecule has 0 aliphatic carbocycles. The molecule has 0 aromatic heterocycles. The summed E-state index contributed by atoms with van der Waals surface area (Å²) in [5.41, 5.74) is -0.485. The number of halogens is 1. The van der Waals surface area contributed by atoms with Crippen molar-refractivity contribution < 1.29 is 14.3 Å². The largest absolute Gasteiger partial charge is 0.384 e. The summed E-state index contributed by atoms with van der Waals surface area (Å²) >= 11 is 0. The van der Waals surface area contributed by atoms with Gasteiger partial charge in [0.1, 0.15) is 0 Å². The van der Waals surface area contributed by atoms with E-state index in [9.17, 15) is 9.59 Å². The Hall–Kier alpha value is -0.850. The van der Waals surface area contributed by atoms with Crippen molar-refractivity contribution in [2.75, 3.05) is 54.5 Å². The number of piperidine rings is 1. The lowest BCUT2D eigenvalue weighted by Gasteiger charge is -2.38. The quantitative estimate of drug-likeness (QED) is 0.775. The number of amides is 2. The van der Waals surface area contributed by atoms with E-state index in [0.29, 0.717) is 6.61 Å². The molecule has 6 nitrogen and oxygen atoms in total. The number of rotatable bonds is 5. The molecular formula is C13H26ClN3O3. The van der Waals surface area contributed by atoms with E-state index in [1.165, 1.54) is 9.80 Å². The van der Waals surface area contributed by atoms with Crippen molar-refractivity contribution in [1.82, 2.24) is 15.1 Å². The van der Waals surface area contributed by atoms with E-state index >= 15 is 0 Å². The maximum absolute atomic E-state index is 12.6. The molecule has 1 rings (SSSR count). The number of hydrogen-bond acceptors (Lipinski definition) is 4. The maximum atomic E-state index is 12.6. The first-order valence-corrected chi connectivity index (χ1v) is 6.58. The summed E-state index contributed by atoms with van der Waals surface area (Å²) in [6.07, 6.45) is 1.50. The summed E-state index contributed by atoms with van der Waals surface area (Å²) in [5.74, 6) is -0.0663. The summed E-state index contributed by atoms with van der Waals surface area (Å²) in [4.78, 5) is 27.3. The number of carbonyl (C=O) groups is 2. The Bertz CT molecular complexity index is 325. The van der Waals surface area contributed by atoms with E-state index in [1.54, 1.807) is 28.3 Å². The zero-order valence-corrected chi connectivity index (χ0v) is 13.6. The van der Waals surface area contributed by atoms with Gasteiger partial charge in [0, 0.05) is 28.3 Å². The van der Waals surface area contributed by atoms with Gasteiger partial charge in [0.05, 0.1) is 18.6 Å². The molecule has 1 aliphatic rings. The molecule has 1 aliphatic heterocycles. The second-order valence-corrected chi connectivity index (χ2v) is 5.41. The zero-order valence-electron chi connectivity index (χ0n) is 12.8. The molecule has 7 heteroatoms. The van der Waals surface area contributed by atoms with Crippen molar-refractivity contribution in [3.63, 3.8) is 0 Å². The number of likely N-dealkylation sites (N-methyl/N-ethyl adjacent to an activating group) is 2. The summed E-state index contributed by atoms with van der Waals surface area (Å²) < 4.78 is 5.24. The molecule has 2 amide bonds. The Morgan fingerprint density at radius 3 is 2.20 bits per heavy atom. The fourth-order valence-corrected chi connectivity index (χ4v) is 2.42. The van der Waals surface area contributed by atoms with Crippen molar-refractivity contribution in [2.45, 2.75) is 12.8 Å². The van der Waals surface area contributed by atoms with E-state index in [0.717, 1.165) is 25.9 Å². The van der Waals surface area contributed by atoms with Gasteiger partial charge in [-0.15, -0.1) is 12.4 Å². The van der Waals surface area contributed by atoms with E-state index in [-0.39, 0.29) is 30.8 Å². The monoisotopic (exact) mass is 307 g/mol. The highest BCUT2D eigenvalue weighted by Gasteiger charge is 2.41. The first-order chi connectivity index (χ1) is 8.93. The fourth-order valence-electron chi connectivity index (χ4n) is 2.42. The molecule has 0 spiro atoms. The van der Waals surface area contributed by atoms with Gasteiger partial charge in [-0.2, -0.15) is 0 Å². The number of methoxy groups -OCH3 is 1. The van der Waals surface area contributed by atoms with E-state index < -0.39 is 5.41 Å². The van der Waals surface area contributed by atoms with Gasteiger partial charge in [0.15, 0.2) is 0 Å². The first-order valence-electron chi connectivity index (χ1n) is 6.58. The molecule has 1 N–H and O–H groups in total. The number of nitrogens with zero attached hydrogens (tertiary/aromatic N) is 2. The molecule has 0 aromatic carbocycles. The minimum absolute atomic E-state index is 0. The SMILES string of the molecule is COCC1(C(=O)N(C)CC(=O)N(C)C)CCNCC1.Cl. The number of carbonyl (C=O) groups excluding carboxylic acids is 2. The van der Waals surface area contributed by atoms with Crippen LogP contribution in [0.2, 0.25) is 0 Å². The van der Waals surface area contributed by atoms with Crippen LogP contribution in [0, 0.1) is 5.41 Å². The summed E-state index contributed by atoms with van der Waals surface area (Å²) in [6.45, 7) is 2.15. The first kappa shape index (κ1) is 19.1. The van der Waals surface area contributed by atoms with Crippen molar-refractivity contribution in [1.29, 1.82) is 0 Å². The molecule has 0 radical (unpaired) electrons. The maximum Gasteiger partial charge on any atom is 0.241 e. The van der Waals surface area contributed by atoms with Crippen LogP contribution in [0.25, 0.3) is 0 Å². The van der Waals surface area contributed by atoms with Gasteiger partial charge in [0.25, 0.3) is 0 Å². The topological polar surface area (TPSA) is 61.9 Å². The third kappa shape index (κ3) is 4.61. The van der Waals surface area contributed by atoms with Gasteiger partial charge in [0.2, 0.25) is 11.8 Å². The Morgan fingerprint density at radius 2 is 1.75 bits per heavy atom. The van der Waals surface area contributed by atoms with Gasteiger partial charge < -0.3 is 19.9 Å². The highest BCUT2D eigenvalue weighted by atomic mass is 35.5. The molecule has 1 saturated heterocycles. The second kappa shape index (κ2) is 8.44. The average Bonchev–Trinajstić information content (AvgIpc) is 2.39. The minimum atomic E-state index is -0.485. The van der Waals surface area contributed by atoms with E-state index in [2.05, 4.69) is 5.32 Å². The highest BCUT2D eigenvalue weighted by molar-refractivity contribution is 5.88. The third-order valence-electron chi connectivity index (χ3n) is 3.65. The summed E-state index contributed by atoms with van der Waals surface area (Å²) in [5, 5.41) is 3.25. The van der Waals surface area contributed by atoms with Crippen molar-refractivity contribution in [2.24, 2.45) is 5.41 Å². The van der Waals surface area contributed by atoms with Crippen LogP contribution in [0.4, 0.5) is 0 Å². The molecule has 1 heterocycles. The lowest BCUT2D eigenvalue weighted by molar-refractivity contribution is -0.149. The van der Waals surface area contributed by atoms with Crippen LogP contribution in [0.3, 0.4) is 0 Å². The van der Waals surface area contributed by atoms with Crippen LogP contribution < -0.4 is 5.32 Å². The Kier molecular flexibility index (Phi) is 8.08. The fraction of sp³-hybridized carbons (Fsp3) is 0.846. The molecular weight excluding hydrogens is 282 g/mol. The van der Waals surface area contributed by atoms with Crippen molar-refractivity contribution in [3.05, 3.63) is 0 Å². The predicted molar refractivity (Wildman–Crippen MR) is 80.0 cm³/mol. The van der Waals surface area contributed by atoms with Gasteiger partial charge >= 0.3 is 0 Å².